The minimum atomic E-state index is -0.368. The fourth-order valence-corrected chi connectivity index (χ4v) is 2.25. The number of hydrogen-bond acceptors (Lipinski definition) is 4. The Morgan fingerprint density at radius 2 is 1.65 bits per heavy atom. The molecule has 26 heavy (non-hydrogen) atoms. The molecule has 6 nitrogen and oxygen atoms in total. The van der Waals surface area contributed by atoms with E-state index in [1.54, 1.807) is 62.8 Å². The lowest BCUT2D eigenvalue weighted by Crippen LogP contribution is -2.43. The topological polar surface area (TPSA) is 71.6 Å². The molecule has 136 valence electrons. The highest BCUT2D eigenvalue weighted by molar-refractivity contribution is 7.80. The molecule has 3 N–H and O–H groups in total. The van der Waals surface area contributed by atoms with E-state index in [9.17, 15) is 4.79 Å². The van der Waals surface area contributed by atoms with Gasteiger partial charge < -0.3 is 14.8 Å². The van der Waals surface area contributed by atoms with Crippen LogP contribution in [0, 0.1) is 0 Å². The number of benzene rings is 2. The molecule has 0 saturated carbocycles. The molecule has 0 atom stereocenters. The molecule has 8 heteroatoms. The Hall–Kier alpha value is -2.77. The number of thiocarbonyl (C=S) groups is 1. The number of nitrogens with one attached hydrogen (secondary N) is 3. The van der Waals surface area contributed by atoms with Gasteiger partial charge in [0.25, 0.3) is 5.91 Å². The van der Waals surface area contributed by atoms with E-state index in [1.165, 1.54) is 6.08 Å². The number of amides is 1. The predicted molar refractivity (Wildman–Crippen MR) is 108 cm³/mol. The van der Waals surface area contributed by atoms with Crippen LogP contribution in [0.1, 0.15) is 5.56 Å². The van der Waals surface area contributed by atoms with Crippen LogP contribution in [0.5, 0.6) is 11.5 Å². The van der Waals surface area contributed by atoms with Crippen molar-refractivity contribution in [3.05, 3.63) is 59.1 Å². The van der Waals surface area contributed by atoms with Crippen LogP contribution in [0.2, 0.25) is 5.02 Å². The number of rotatable bonds is 5. The first-order valence-corrected chi connectivity index (χ1v) is 8.32. The Morgan fingerprint density at radius 1 is 1.04 bits per heavy atom. The summed E-state index contributed by atoms with van der Waals surface area (Å²) in [4.78, 5) is 11.9. The molecular formula is C18H18ClN3O3S. The maximum absolute atomic E-state index is 11.9. The molecule has 0 saturated heterocycles. The van der Waals surface area contributed by atoms with Crippen LogP contribution in [0.3, 0.4) is 0 Å². The lowest BCUT2D eigenvalue weighted by molar-refractivity contribution is -0.116. The standard InChI is InChI=1S/C18H18ClN3O3S/c1-24-15-9-12(10-16(11-15)25-2)3-8-17(23)21-22-18(26)20-14-6-4-13(19)5-7-14/h3-11H,1-2H3,(H,21,23)(H2,20,22,26)/b8-3+. The van der Waals surface area contributed by atoms with Crippen LogP contribution >= 0.6 is 23.8 Å². The number of methoxy groups -OCH3 is 2. The summed E-state index contributed by atoms with van der Waals surface area (Å²) in [6.07, 6.45) is 3.00. The average molecular weight is 392 g/mol. The van der Waals surface area contributed by atoms with Gasteiger partial charge in [0.05, 0.1) is 14.2 Å². The van der Waals surface area contributed by atoms with Gasteiger partial charge in [-0.25, -0.2) is 0 Å². The first kappa shape index (κ1) is 19.6. The van der Waals surface area contributed by atoms with Gasteiger partial charge in [-0.15, -0.1) is 0 Å². The Labute approximate surface area is 162 Å². The summed E-state index contributed by atoms with van der Waals surface area (Å²) >= 11 is 10.9. The summed E-state index contributed by atoms with van der Waals surface area (Å²) < 4.78 is 10.4. The Balaban J connectivity index is 1.87. The highest BCUT2D eigenvalue weighted by Gasteiger charge is 2.02. The Morgan fingerprint density at radius 3 is 2.23 bits per heavy atom. The van der Waals surface area contributed by atoms with Gasteiger partial charge in [-0.2, -0.15) is 0 Å². The van der Waals surface area contributed by atoms with Gasteiger partial charge in [-0.3, -0.25) is 15.6 Å². The van der Waals surface area contributed by atoms with Crippen molar-refractivity contribution in [1.82, 2.24) is 10.9 Å². The number of hydrogen-bond donors (Lipinski definition) is 3. The zero-order valence-corrected chi connectivity index (χ0v) is 15.8. The summed E-state index contributed by atoms with van der Waals surface area (Å²) in [6.45, 7) is 0. The molecule has 0 aliphatic carbocycles. The van der Waals surface area contributed by atoms with Crippen molar-refractivity contribution >= 4 is 46.6 Å². The van der Waals surface area contributed by atoms with Crippen LogP contribution in [-0.2, 0) is 4.79 Å². The summed E-state index contributed by atoms with van der Waals surface area (Å²) in [5.41, 5.74) is 6.60. The number of halogens is 1. The summed E-state index contributed by atoms with van der Waals surface area (Å²) in [5.74, 6) is 0.902. The molecule has 1 amide bonds. The monoisotopic (exact) mass is 391 g/mol. The van der Waals surface area contributed by atoms with Gasteiger partial charge in [0, 0.05) is 22.9 Å². The molecule has 0 heterocycles. The fourth-order valence-electron chi connectivity index (χ4n) is 1.95. The second-order valence-corrected chi connectivity index (χ2v) is 5.90. The molecule has 2 aromatic rings. The van der Waals surface area contributed by atoms with Crippen molar-refractivity contribution in [1.29, 1.82) is 0 Å². The third-order valence-electron chi connectivity index (χ3n) is 3.20. The van der Waals surface area contributed by atoms with E-state index in [2.05, 4.69) is 16.2 Å². The minimum absolute atomic E-state index is 0.247. The van der Waals surface area contributed by atoms with E-state index in [-0.39, 0.29) is 11.0 Å². The lowest BCUT2D eigenvalue weighted by atomic mass is 10.2. The number of hydrazine groups is 1. The number of carbonyl (C=O) groups is 1. The smallest absolute Gasteiger partial charge is 0.262 e. The number of ether oxygens (including phenoxy) is 2. The second-order valence-electron chi connectivity index (χ2n) is 5.05. The molecule has 0 radical (unpaired) electrons. The molecular weight excluding hydrogens is 374 g/mol. The molecule has 0 spiro atoms. The van der Waals surface area contributed by atoms with Crippen molar-refractivity contribution in [2.45, 2.75) is 0 Å². The molecule has 0 aliphatic rings. The molecule has 0 bridgehead atoms. The fraction of sp³-hybridized carbons (Fsp3) is 0.111. The molecule has 0 aliphatic heterocycles. The maximum Gasteiger partial charge on any atom is 0.262 e. The van der Waals surface area contributed by atoms with E-state index in [0.29, 0.717) is 16.5 Å². The molecule has 2 aromatic carbocycles. The van der Waals surface area contributed by atoms with Crippen molar-refractivity contribution in [3.8, 4) is 11.5 Å². The van der Waals surface area contributed by atoms with E-state index >= 15 is 0 Å². The van der Waals surface area contributed by atoms with Crippen LogP contribution in [-0.4, -0.2) is 25.2 Å². The molecule has 0 unspecified atom stereocenters. The second kappa shape index (κ2) is 9.65. The quantitative estimate of drug-likeness (QED) is 0.412. The van der Waals surface area contributed by atoms with E-state index in [0.717, 1.165) is 11.3 Å². The highest BCUT2D eigenvalue weighted by Crippen LogP contribution is 2.23. The van der Waals surface area contributed by atoms with Gasteiger partial charge >= 0.3 is 0 Å². The number of anilines is 1. The van der Waals surface area contributed by atoms with Crippen LogP contribution in [0.25, 0.3) is 6.08 Å². The van der Waals surface area contributed by atoms with Gasteiger partial charge in [0.2, 0.25) is 0 Å². The van der Waals surface area contributed by atoms with E-state index in [4.69, 9.17) is 33.3 Å². The molecule has 2 rings (SSSR count). The third-order valence-corrected chi connectivity index (χ3v) is 3.66. The average Bonchev–Trinajstić information content (AvgIpc) is 2.66. The normalized spacial score (nSPS) is 10.3. The van der Waals surface area contributed by atoms with Crippen LogP contribution < -0.4 is 25.6 Å². The van der Waals surface area contributed by atoms with Crippen molar-refractivity contribution in [2.24, 2.45) is 0 Å². The van der Waals surface area contributed by atoms with E-state index in [1.807, 2.05) is 0 Å². The zero-order chi connectivity index (χ0) is 18.9. The maximum atomic E-state index is 11.9. The summed E-state index contributed by atoms with van der Waals surface area (Å²) in [5, 5.41) is 3.79. The van der Waals surface area contributed by atoms with Gasteiger partial charge in [-0.1, -0.05) is 11.6 Å². The number of carbonyl (C=O) groups excluding carboxylic acids is 1. The molecule has 0 fully saturated rings. The van der Waals surface area contributed by atoms with Crippen molar-refractivity contribution < 1.29 is 14.3 Å². The predicted octanol–water partition coefficient (Wildman–Crippen LogP) is 3.39. The van der Waals surface area contributed by atoms with Gasteiger partial charge in [-0.05, 0) is 60.3 Å². The highest BCUT2D eigenvalue weighted by atomic mass is 35.5. The van der Waals surface area contributed by atoms with Gasteiger partial charge in [0.15, 0.2) is 5.11 Å². The molecule has 0 aromatic heterocycles. The Kier molecular flexibility index (Phi) is 7.25. The van der Waals surface area contributed by atoms with Crippen LogP contribution in [0.4, 0.5) is 5.69 Å². The van der Waals surface area contributed by atoms with Crippen molar-refractivity contribution in [3.63, 3.8) is 0 Å². The van der Waals surface area contributed by atoms with Gasteiger partial charge in [0.1, 0.15) is 11.5 Å². The minimum Gasteiger partial charge on any atom is -0.497 e. The summed E-state index contributed by atoms with van der Waals surface area (Å²) in [7, 11) is 3.13. The zero-order valence-electron chi connectivity index (χ0n) is 14.2. The lowest BCUT2D eigenvalue weighted by Gasteiger charge is -2.10. The van der Waals surface area contributed by atoms with E-state index < -0.39 is 0 Å². The third kappa shape index (κ3) is 6.27. The summed E-state index contributed by atoms with van der Waals surface area (Å²) in [6, 6.07) is 12.3. The SMILES string of the molecule is COc1cc(/C=C/C(=O)NNC(=S)Nc2ccc(Cl)cc2)cc(OC)c1. The van der Waals surface area contributed by atoms with Crippen molar-refractivity contribution in [2.75, 3.05) is 19.5 Å². The largest absolute Gasteiger partial charge is 0.497 e. The first-order valence-electron chi connectivity index (χ1n) is 7.54. The first-order chi connectivity index (χ1) is 12.5. The van der Waals surface area contributed by atoms with Crippen LogP contribution in [0.15, 0.2) is 48.5 Å². The Bertz CT molecular complexity index is 788.